The number of amides is 9. The molecule has 70 heavy (non-hydrogen) atoms. The second-order valence-corrected chi connectivity index (χ2v) is 18.5. The van der Waals surface area contributed by atoms with E-state index in [1.807, 2.05) is 32.0 Å². The van der Waals surface area contributed by atoms with Crippen molar-refractivity contribution in [3.63, 3.8) is 0 Å². The number of aliphatic hydroxyl groups excluding tert-OH is 1. The second kappa shape index (κ2) is 28.7. The zero-order valence-corrected chi connectivity index (χ0v) is 41.2. The Bertz CT molecular complexity index is 2140. The summed E-state index contributed by atoms with van der Waals surface area (Å²) in [6.45, 7) is 12.2. The molecule has 0 radical (unpaired) electrons. The molecule has 0 fully saturated rings. The molecule has 9 unspecified atom stereocenters. The maximum atomic E-state index is 14.0. The molecule has 0 bridgehead atoms. The molecule has 0 saturated heterocycles. The molecule has 24 nitrogen and oxygen atoms in total. The number of primary amides is 1. The van der Waals surface area contributed by atoms with Crippen molar-refractivity contribution in [2.24, 2.45) is 35.0 Å². The number of hydrogen-bond acceptors (Lipinski definition) is 13. The lowest BCUT2D eigenvalue weighted by Crippen LogP contribution is -2.60. The van der Waals surface area contributed by atoms with Crippen LogP contribution in [-0.2, 0) is 54.4 Å². The van der Waals surface area contributed by atoms with Gasteiger partial charge in [0.2, 0.25) is 53.2 Å². The summed E-state index contributed by atoms with van der Waals surface area (Å²) in [6.07, 6.45) is 0.700. The van der Waals surface area contributed by atoms with Crippen molar-refractivity contribution < 1.29 is 58.2 Å². The maximum absolute atomic E-state index is 14.0. The van der Waals surface area contributed by atoms with Gasteiger partial charge in [0.05, 0.1) is 19.1 Å². The van der Waals surface area contributed by atoms with Crippen molar-refractivity contribution in [3.05, 3.63) is 36.0 Å². The number of H-pyrrole nitrogens is 1. The van der Waals surface area contributed by atoms with Crippen molar-refractivity contribution in [2.45, 2.75) is 148 Å². The normalized spacial score (nSPS) is 15.2. The van der Waals surface area contributed by atoms with Crippen LogP contribution < -0.4 is 59.7 Å². The van der Waals surface area contributed by atoms with E-state index in [9.17, 15) is 58.2 Å². The Hall–Kier alpha value is -6.66. The molecule has 2 aromatic rings. The quantitative estimate of drug-likeness (QED) is 0.0357. The Labute approximate surface area is 407 Å². The van der Waals surface area contributed by atoms with E-state index in [1.165, 1.54) is 13.8 Å². The van der Waals surface area contributed by atoms with Gasteiger partial charge in [0.1, 0.15) is 48.3 Å². The number of benzene rings is 1. The number of aliphatic hydroxyl groups is 1. The fourth-order valence-corrected chi connectivity index (χ4v) is 7.12. The summed E-state index contributed by atoms with van der Waals surface area (Å²) in [4.78, 5) is 135. The molecule has 2 rings (SSSR count). The first-order valence-corrected chi connectivity index (χ1v) is 23.4. The SMILES string of the molecule is CC(C)CC(NC(=O)C(C)NC(=O)C(N)C(C)O)C(=O)NC(Cc1c[nH]c2ccccc12)C(=O)NCC(=O)NC(CCCCN)C(=O)NC(C(=O)NC(CC(N)=O)C(=O)NC(C(=O)O)C(C)C)C(C)C. The molecule has 9 atom stereocenters. The molecule has 0 saturated carbocycles. The molecule has 1 aromatic heterocycles. The number of aliphatic carboxylic acids is 1. The lowest BCUT2D eigenvalue weighted by Gasteiger charge is -2.28. The summed E-state index contributed by atoms with van der Waals surface area (Å²) >= 11 is 0. The first kappa shape index (κ1) is 59.5. The smallest absolute Gasteiger partial charge is 0.326 e. The summed E-state index contributed by atoms with van der Waals surface area (Å²) in [5.41, 5.74) is 18.1. The highest BCUT2D eigenvalue weighted by Crippen LogP contribution is 2.20. The molecule has 0 aliphatic carbocycles. The van der Waals surface area contributed by atoms with Gasteiger partial charge >= 0.3 is 5.97 Å². The third-order valence-electron chi connectivity index (χ3n) is 11.2. The van der Waals surface area contributed by atoms with E-state index in [-0.39, 0.29) is 31.7 Å². The molecule has 0 aliphatic heterocycles. The number of para-hydroxylation sites is 1. The number of aromatic amines is 1. The molecular formula is C46H74N12O12. The molecule has 0 aliphatic rings. The summed E-state index contributed by atoms with van der Waals surface area (Å²) in [6, 6.07) is -3.29. The van der Waals surface area contributed by atoms with Gasteiger partial charge in [-0.05, 0) is 75.5 Å². The van der Waals surface area contributed by atoms with Crippen LogP contribution in [-0.4, -0.2) is 142 Å². The number of nitrogens with one attached hydrogen (secondary N) is 9. The number of carbonyl (C=O) groups is 10. The highest BCUT2D eigenvalue weighted by atomic mass is 16.4. The average Bonchev–Trinajstić information content (AvgIpc) is 3.69. The molecule has 9 amide bonds. The van der Waals surface area contributed by atoms with Crippen LogP contribution in [0.25, 0.3) is 10.9 Å². The topological polar surface area (TPSA) is 401 Å². The van der Waals surface area contributed by atoms with E-state index in [0.29, 0.717) is 18.4 Å². The van der Waals surface area contributed by atoms with Crippen molar-refractivity contribution >= 4 is 70.0 Å². The fourth-order valence-electron chi connectivity index (χ4n) is 7.12. The molecule has 0 spiro atoms. The van der Waals surface area contributed by atoms with Crippen LogP contribution in [0.15, 0.2) is 30.5 Å². The summed E-state index contributed by atoms with van der Waals surface area (Å²) in [5.74, 6) is -10.2. The number of rotatable bonds is 30. The number of nitrogens with two attached hydrogens (primary N) is 3. The molecule has 390 valence electrons. The Kier molecular flexibility index (Phi) is 24.4. The van der Waals surface area contributed by atoms with Gasteiger partial charge in [-0.1, -0.05) is 59.7 Å². The van der Waals surface area contributed by atoms with Crippen LogP contribution in [0.3, 0.4) is 0 Å². The van der Waals surface area contributed by atoms with Gasteiger partial charge < -0.3 is 74.9 Å². The van der Waals surface area contributed by atoms with Gasteiger partial charge in [-0.2, -0.15) is 0 Å². The number of carbonyl (C=O) groups excluding carboxylic acids is 9. The molecule has 1 aromatic carbocycles. The highest BCUT2D eigenvalue weighted by Gasteiger charge is 2.35. The van der Waals surface area contributed by atoms with Gasteiger partial charge in [-0.3, -0.25) is 43.2 Å². The number of fused-ring (bicyclic) bond motifs is 1. The lowest BCUT2D eigenvalue weighted by atomic mass is 10.00. The van der Waals surface area contributed by atoms with Crippen molar-refractivity contribution in [3.8, 4) is 0 Å². The zero-order chi connectivity index (χ0) is 53.0. The van der Waals surface area contributed by atoms with Gasteiger partial charge in [0.15, 0.2) is 0 Å². The maximum Gasteiger partial charge on any atom is 0.326 e. The van der Waals surface area contributed by atoms with E-state index >= 15 is 0 Å². The molecule has 24 heteroatoms. The first-order chi connectivity index (χ1) is 32.8. The molecular weight excluding hydrogens is 913 g/mol. The summed E-state index contributed by atoms with van der Waals surface area (Å²) in [7, 11) is 0. The number of carboxylic acid groups (broad SMARTS) is 1. The van der Waals surface area contributed by atoms with Crippen molar-refractivity contribution in [2.75, 3.05) is 13.1 Å². The van der Waals surface area contributed by atoms with E-state index in [2.05, 4.69) is 47.5 Å². The van der Waals surface area contributed by atoms with Crippen LogP contribution in [0, 0.1) is 17.8 Å². The minimum atomic E-state index is -1.60. The molecule has 17 N–H and O–H groups in total. The Morgan fingerprint density at radius 1 is 0.643 bits per heavy atom. The minimum absolute atomic E-state index is 0.0471. The van der Waals surface area contributed by atoms with Gasteiger partial charge in [0.25, 0.3) is 0 Å². The van der Waals surface area contributed by atoms with Crippen LogP contribution in [0.1, 0.15) is 93.1 Å². The Morgan fingerprint density at radius 2 is 1.21 bits per heavy atom. The third-order valence-corrected chi connectivity index (χ3v) is 11.2. The van der Waals surface area contributed by atoms with E-state index in [1.54, 1.807) is 40.0 Å². The van der Waals surface area contributed by atoms with E-state index < -0.39 is 138 Å². The van der Waals surface area contributed by atoms with Gasteiger partial charge in [0, 0.05) is 23.5 Å². The number of carboxylic acids is 1. The third kappa shape index (κ3) is 19.4. The van der Waals surface area contributed by atoms with E-state index in [0.717, 1.165) is 10.9 Å². The average molecular weight is 987 g/mol. The van der Waals surface area contributed by atoms with Crippen LogP contribution >= 0.6 is 0 Å². The van der Waals surface area contributed by atoms with Crippen molar-refractivity contribution in [1.82, 2.24) is 47.5 Å². The zero-order valence-electron chi connectivity index (χ0n) is 41.2. The van der Waals surface area contributed by atoms with E-state index in [4.69, 9.17) is 17.2 Å². The summed E-state index contributed by atoms with van der Waals surface area (Å²) < 4.78 is 0. The number of unbranched alkanes of at least 4 members (excludes halogenated alkanes) is 1. The predicted molar refractivity (Wildman–Crippen MR) is 257 cm³/mol. The van der Waals surface area contributed by atoms with Crippen LogP contribution in [0.4, 0.5) is 0 Å². The number of hydrogen-bond donors (Lipinski definition) is 14. The second-order valence-electron chi connectivity index (χ2n) is 18.5. The van der Waals surface area contributed by atoms with Crippen molar-refractivity contribution in [1.29, 1.82) is 0 Å². The minimum Gasteiger partial charge on any atom is -0.480 e. The monoisotopic (exact) mass is 987 g/mol. The predicted octanol–water partition coefficient (Wildman–Crippen LogP) is -2.60. The lowest BCUT2D eigenvalue weighted by molar-refractivity contribution is -0.143. The number of aromatic nitrogens is 1. The highest BCUT2D eigenvalue weighted by molar-refractivity contribution is 5.98. The Morgan fingerprint density at radius 3 is 1.79 bits per heavy atom. The standard InChI is InChI=1S/C46H74N12O12/c1-22(2)17-31(54-39(62)25(7)52-44(67)36(49)26(8)59)42(65)55-32(18-27-20-50-29-14-10-9-13-28(27)29)40(63)51-21-35(61)53-30(15-11-12-16-47)41(64)57-37(23(3)4)45(68)56-33(19-34(48)60)43(66)58-38(24(5)6)46(69)70/h9-10,13-14,20,22-26,30-33,36-38,50,59H,11-12,15-19,21,47,49H2,1-8H3,(H2,48,60)(H,51,63)(H,52,67)(H,53,61)(H,54,62)(H,55,65)(H,56,68)(H,57,64)(H,58,66)(H,69,70). The van der Waals surface area contributed by atoms with Crippen LogP contribution in [0.5, 0.6) is 0 Å². The fraction of sp³-hybridized carbons (Fsp3) is 0.609. The van der Waals surface area contributed by atoms with Crippen LogP contribution in [0.2, 0.25) is 0 Å². The van der Waals surface area contributed by atoms with Gasteiger partial charge in [-0.25, -0.2) is 4.79 Å². The molecule has 1 heterocycles. The first-order valence-electron chi connectivity index (χ1n) is 23.4. The van der Waals surface area contributed by atoms with Gasteiger partial charge in [-0.15, -0.1) is 0 Å². The largest absolute Gasteiger partial charge is 0.480 e. The Balaban J connectivity index is 2.33. The summed E-state index contributed by atoms with van der Waals surface area (Å²) in [5, 5.41) is 40.1.